The van der Waals surface area contributed by atoms with E-state index in [2.05, 4.69) is 5.32 Å². The van der Waals surface area contributed by atoms with Crippen molar-refractivity contribution in [3.63, 3.8) is 0 Å². The topological polar surface area (TPSA) is 75.4 Å². The van der Waals surface area contributed by atoms with Crippen molar-refractivity contribution in [2.24, 2.45) is 5.73 Å². The molecule has 0 spiro atoms. The zero-order valence-corrected chi connectivity index (χ0v) is 13.0. The van der Waals surface area contributed by atoms with Crippen molar-refractivity contribution in [1.29, 1.82) is 0 Å². The highest BCUT2D eigenvalue weighted by Gasteiger charge is 2.43. The number of hydrogen-bond acceptors (Lipinski definition) is 3. The van der Waals surface area contributed by atoms with Crippen molar-refractivity contribution in [1.82, 2.24) is 10.2 Å². The van der Waals surface area contributed by atoms with E-state index >= 15 is 0 Å². The number of rotatable bonds is 2. The summed E-state index contributed by atoms with van der Waals surface area (Å²) >= 11 is 0. The Morgan fingerprint density at radius 3 is 2.50 bits per heavy atom. The van der Waals surface area contributed by atoms with E-state index in [-0.39, 0.29) is 17.9 Å². The molecule has 1 aromatic carbocycles. The van der Waals surface area contributed by atoms with E-state index in [0.29, 0.717) is 19.4 Å². The predicted molar refractivity (Wildman–Crippen MR) is 84.2 cm³/mol. The zero-order chi connectivity index (χ0) is 15.7. The molecular formula is C17H23N3O2. The first-order valence-corrected chi connectivity index (χ1v) is 7.90. The Bertz CT molecular complexity index is 574. The van der Waals surface area contributed by atoms with Crippen LogP contribution in [-0.2, 0) is 22.4 Å². The van der Waals surface area contributed by atoms with E-state index in [1.165, 1.54) is 18.1 Å². The number of carbonyl (C=O) groups excluding carboxylic acids is 2. The third-order valence-corrected chi connectivity index (χ3v) is 4.67. The molecule has 0 bridgehead atoms. The molecule has 1 heterocycles. The molecule has 1 fully saturated rings. The molecule has 2 amide bonds. The van der Waals surface area contributed by atoms with Gasteiger partial charge >= 0.3 is 0 Å². The highest BCUT2D eigenvalue weighted by molar-refractivity contribution is 5.88. The quantitative estimate of drug-likeness (QED) is 0.840. The van der Waals surface area contributed by atoms with Gasteiger partial charge in [0.15, 0.2) is 0 Å². The minimum absolute atomic E-state index is 0.0127. The molecule has 22 heavy (non-hydrogen) atoms. The van der Waals surface area contributed by atoms with Gasteiger partial charge in [-0.05, 0) is 36.8 Å². The molecule has 3 N–H and O–H groups in total. The van der Waals surface area contributed by atoms with Gasteiger partial charge in [0, 0.05) is 26.1 Å². The van der Waals surface area contributed by atoms with Gasteiger partial charge in [-0.2, -0.15) is 0 Å². The molecule has 1 aliphatic heterocycles. The number of nitrogens with one attached hydrogen (secondary N) is 1. The van der Waals surface area contributed by atoms with E-state index in [0.717, 1.165) is 19.4 Å². The molecule has 5 heteroatoms. The van der Waals surface area contributed by atoms with Crippen LogP contribution in [0, 0.1) is 0 Å². The van der Waals surface area contributed by atoms with Gasteiger partial charge in [-0.3, -0.25) is 9.59 Å². The average molecular weight is 301 g/mol. The summed E-state index contributed by atoms with van der Waals surface area (Å²) in [6, 6.07) is 8.12. The molecule has 1 aromatic rings. The van der Waals surface area contributed by atoms with E-state index in [4.69, 9.17) is 5.73 Å². The molecule has 1 aliphatic carbocycles. The second-order valence-corrected chi connectivity index (χ2v) is 6.57. The van der Waals surface area contributed by atoms with Crippen molar-refractivity contribution >= 4 is 11.8 Å². The van der Waals surface area contributed by atoms with Crippen LogP contribution in [-0.4, -0.2) is 41.4 Å². The summed E-state index contributed by atoms with van der Waals surface area (Å²) in [5.41, 5.74) is 7.97. The second-order valence-electron chi connectivity index (χ2n) is 6.57. The maximum Gasteiger partial charge on any atom is 0.243 e. The van der Waals surface area contributed by atoms with Crippen molar-refractivity contribution in [3.8, 4) is 0 Å². The summed E-state index contributed by atoms with van der Waals surface area (Å²) in [6.07, 6.45) is 3.02. The van der Waals surface area contributed by atoms with Gasteiger partial charge in [-0.25, -0.2) is 0 Å². The first-order valence-electron chi connectivity index (χ1n) is 7.90. The summed E-state index contributed by atoms with van der Waals surface area (Å²) in [6.45, 7) is 2.80. The molecule has 0 saturated carbocycles. The zero-order valence-electron chi connectivity index (χ0n) is 13.0. The monoisotopic (exact) mass is 301 g/mol. The van der Waals surface area contributed by atoms with E-state index in [1.54, 1.807) is 0 Å². The van der Waals surface area contributed by atoms with E-state index in [1.807, 2.05) is 29.2 Å². The largest absolute Gasteiger partial charge is 0.352 e. The number of piperidine rings is 1. The molecule has 0 aromatic heterocycles. The van der Waals surface area contributed by atoms with Crippen LogP contribution >= 0.6 is 0 Å². The number of fused-ring (bicyclic) bond motifs is 1. The Labute approximate surface area is 130 Å². The molecular weight excluding hydrogens is 278 g/mol. The number of carbonyl (C=O) groups is 2. The van der Waals surface area contributed by atoms with Gasteiger partial charge in [-0.15, -0.1) is 0 Å². The SMILES string of the molecule is CC(=O)N[C@H]1CCCN(C(=O)C2(N)Cc3ccccc3C2)C1. The number of amides is 2. The Balaban J connectivity index is 1.70. The highest BCUT2D eigenvalue weighted by atomic mass is 16.2. The van der Waals surface area contributed by atoms with Gasteiger partial charge < -0.3 is 16.0 Å². The summed E-state index contributed by atoms with van der Waals surface area (Å²) in [5, 5.41) is 2.91. The minimum atomic E-state index is -0.832. The number of benzene rings is 1. The minimum Gasteiger partial charge on any atom is -0.352 e. The molecule has 2 aliphatic rings. The second kappa shape index (κ2) is 5.72. The Morgan fingerprint density at radius 2 is 1.91 bits per heavy atom. The molecule has 3 rings (SSSR count). The van der Waals surface area contributed by atoms with Gasteiger partial charge in [0.2, 0.25) is 11.8 Å². The van der Waals surface area contributed by atoms with Crippen LogP contribution in [0.1, 0.15) is 30.9 Å². The first-order chi connectivity index (χ1) is 10.5. The lowest BCUT2D eigenvalue weighted by Gasteiger charge is -2.37. The van der Waals surface area contributed by atoms with Crippen LogP contribution in [0.25, 0.3) is 0 Å². The van der Waals surface area contributed by atoms with Gasteiger partial charge in [0.1, 0.15) is 5.54 Å². The fourth-order valence-corrected chi connectivity index (χ4v) is 3.68. The highest BCUT2D eigenvalue weighted by Crippen LogP contribution is 2.30. The molecule has 0 radical (unpaired) electrons. The standard InChI is InChI=1S/C17H23N3O2/c1-12(21)19-15-7-4-8-20(11-15)16(22)17(18)9-13-5-2-3-6-14(13)10-17/h2-3,5-6,15H,4,7-11,18H2,1H3,(H,19,21)/t15-/m0/s1. The third kappa shape index (κ3) is 2.86. The van der Waals surface area contributed by atoms with Crippen molar-refractivity contribution < 1.29 is 9.59 Å². The summed E-state index contributed by atoms with van der Waals surface area (Å²) in [5.74, 6) is -0.0335. The fraction of sp³-hybridized carbons (Fsp3) is 0.529. The van der Waals surface area contributed by atoms with Gasteiger partial charge in [-0.1, -0.05) is 24.3 Å². The van der Waals surface area contributed by atoms with Crippen LogP contribution in [0.3, 0.4) is 0 Å². The lowest BCUT2D eigenvalue weighted by atomic mass is 9.93. The van der Waals surface area contributed by atoms with Gasteiger partial charge in [0.25, 0.3) is 0 Å². The number of hydrogen-bond donors (Lipinski definition) is 2. The van der Waals surface area contributed by atoms with Crippen LogP contribution in [0.15, 0.2) is 24.3 Å². The lowest BCUT2D eigenvalue weighted by molar-refractivity contribution is -0.138. The average Bonchev–Trinajstić information content (AvgIpc) is 2.83. The molecule has 1 atom stereocenters. The Morgan fingerprint density at radius 1 is 1.27 bits per heavy atom. The van der Waals surface area contributed by atoms with Crippen LogP contribution in [0.5, 0.6) is 0 Å². The van der Waals surface area contributed by atoms with Crippen molar-refractivity contribution in [2.45, 2.75) is 44.2 Å². The Kier molecular flexibility index (Phi) is 3.91. The van der Waals surface area contributed by atoms with Gasteiger partial charge in [0.05, 0.1) is 0 Å². The lowest BCUT2D eigenvalue weighted by Crippen LogP contribution is -2.60. The maximum atomic E-state index is 12.9. The van der Waals surface area contributed by atoms with Crippen molar-refractivity contribution in [3.05, 3.63) is 35.4 Å². The summed E-state index contributed by atoms with van der Waals surface area (Å²) in [4.78, 5) is 26.0. The number of nitrogens with zero attached hydrogens (tertiary/aromatic N) is 1. The Hall–Kier alpha value is -1.88. The third-order valence-electron chi connectivity index (χ3n) is 4.67. The normalized spacial score (nSPS) is 23.0. The smallest absolute Gasteiger partial charge is 0.243 e. The van der Waals surface area contributed by atoms with Crippen LogP contribution in [0.4, 0.5) is 0 Å². The first kappa shape index (κ1) is 15.0. The summed E-state index contributed by atoms with van der Waals surface area (Å²) in [7, 11) is 0. The fourth-order valence-electron chi connectivity index (χ4n) is 3.68. The molecule has 5 nitrogen and oxygen atoms in total. The van der Waals surface area contributed by atoms with E-state index < -0.39 is 5.54 Å². The maximum absolute atomic E-state index is 12.9. The number of nitrogens with two attached hydrogens (primary N) is 1. The molecule has 0 unspecified atom stereocenters. The molecule has 118 valence electrons. The predicted octanol–water partition coefficient (Wildman–Crippen LogP) is 0.610. The van der Waals surface area contributed by atoms with E-state index in [9.17, 15) is 9.59 Å². The number of likely N-dealkylation sites (tertiary alicyclic amines) is 1. The van der Waals surface area contributed by atoms with Crippen LogP contribution in [0.2, 0.25) is 0 Å². The molecule has 1 saturated heterocycles. The summed E-state index contributed by atoms with van der Waals surface area (Å²) < 4.78 is 0. The van der Waals surface area contributed by atoms with Crippen LogP contribution < -0.4 is 11.1 Å². The van der Waals surface area contributed by atoms with Crippen molar-refractivity contribution in [2.75, 3.05) is 13.1 Å².